The number of nitriles is 1. The van der Waals surface area contributed by atoms with Gasteiger partial charge >= 0.3 is 0 Å². The number of hydrogen-bond donors (Lipinski definition) is 1. The van der Waals surface area contributed by atoms with Gasteiger partial charge in [-0.1, -0.05) is 11.6 Å². The molecule has 0 saturated heterocycles. The molecule has 1 aromatic carbocycles. The van der Waals surface area contributed by atoms with Gasteiger partial charge in [-0.3, -0.25) is 4.79 Å². The highest BCUT2D eigenvalue weighted by molar-refractivity contribution is 6.02. The fourth-order valence-electron chi connectivity index (χ4n) is 3.24. The van der Waals surface area contributed by atoms with E-state index in [9.17, 15) is 10.1 Å². The number of rotatable bonds is 3. The summed E-state index contributed by atoms with van der Waals surface area (Å²) in [5.74, 6) is 0.450. The van der Waals surface area contributed by atoms with Gasteiger partial charge in [-0.05, 0) is 56.2 Å². The van der Waals surface area contributed by atoms with E-state index >= 15 is 0 Å². The van der Waals surface area contributed by atoms with E-state index in [1.165, 1.54) is 22.7 Å². The molecule has 4 aromatic rings. The van der Waals surface area contributed by atoms with Gasteiger partial charge in [-0.15, -0.1) is 0 Å². The SMILES string of the molecule is Cc1cc(C)c2nc(-n3ncc(C#N)c3NC(=O)c3ccco3)cc(C)c2c1. The van der Waals surface area contributed by atoms with E-state index in [-0.39, 0.29) is 17.1 Å². The first kappa shape index (κ1) is 17.5. The summed E-state index contributed by atoms with van der Waals surface area (Å²) >= 11 is 0. The Morgan fingerprint density at radius 1 is 1.21 bits per heavy atom. The average Bonchev–Trinajstić information content (AvgIpc) is 3.32. The number of anilines is 1. The molecule has 7 heteroatoms. The molecule has 0 bridgehead atoms. The van der Waals surface area contributed by atoms with Crippen LogP contribution in [-0.4, -0.2) is 20.7 Å². The molecule has 3 aromatic heterocycles. The van der Waals surface area contributed by atoms with Crippen molar-refractivity contribution >= 4 is 22.6 Å². The monoisotopic (exact) mass is 371 g/mol. The minimum atomic E-state index is -0.465. The molecule has 3 heterocycles. The van der Waals surface area contributed by atoms with E-state index in [1.807, 2.05) is 19.9 Å². The Hall–Kier alpha value is -3.92. The van der Waals surface area contributed by atoms with Gasteiger partial charge in [0.25, 0.3) is 5.91 Å². The lowest BCUT2D eigenvalue weighted by molar-refractivity contribution is 0.0996. The molecule has 4 rings (SSSR count). The van der Waals surface area contributed by atoms with Crippen LogP contribution in [0.5, 0.6) is 0 Å². The summed E-state index contributed by atoms with van der Waals surface area (Å²) in [4.78, 5) is 17.2. The number of carbonyl (C=O) groups excluding carboxylic acids is 1. The molecule has 0 unspecified atom stereocenters. The maximum Gasteiger partial charge on any atom is 0.292 e. The van der Waals surface area contributed by atoms with Crippen LogP contribution < -0.4 is 5.32 Å². The zero-order valence-electron chi connectivity index (χ0n) is 15.6. The number of carbonyl (C=O) groups is 1. The van der Waals surface area contributed by atoms with Crippen molar-refractivity contribution in [3.63, 3.8) is 0 Å². The van der Waals surface area contributed by atoms with E-state index in [2.05, 4.69) is 35.5 Å². The zero-order valence-corrected chi connectivity index (χ0v) is 15.6. The van der Waals surface area contributed by atoms with Crippen molar-refractivity contribution in [2.24, 2.45) is 0 Å². The summed E-state index contributed by atoms with van der Waals surface area (Å²) in [7, 11) is 0. The lowest BCUT2D eigenvalue weighted by atomic mass is 10.0. The van der Waals surface area contributed by atoms with Crippen molar-refractivity contribution in [3.8, 4) is 11.9 Å². The second-order valence-corrected chi connectivity index (χ2v) is 6.64. The smallest absolute Gasteiger partial charge is 0.292 e. The van der Waals surface area contributed by atoms with Crippen molar-refractivity contribution < 1.29 is 9.21 Å². The second kappa shape index (κ2) is 6.67. The number of pyridine rings is 1. The van der Waals surface area contributed by atoms with E-state index in [0.29, 0.717) is 5.82 Å². The molecule has 1 amide bonds. The zero-order chi connectivity index (χ0) is 19.8. The summed E-state index contributed by atoms with van der Waals surface area (Å²) < 4.78 is 6.59. The lowest BCUT2D eigenvalue weighted by Gasteiger charge is -2.12. The molecule has 0 aliphatic carbocycles. The Labute approximate surface area is 161 Å². The molecule has 0 aliphatic heterocycles. The summed E-state index contributed by atoms with van der Waals surface area (Å²) in [6, 6.07) is 11.3. The van der Waals surface area contributed by atoms with Crippen LogP contribution in [0, 0.1) is 32.1 Å². The highest BCUT2D eigenvalue weighted by atomic mass is 16.3. The molecule has 0 fully saturated rings. The van der Waals surface area contributed by atoms with Crippen LogP contribution in [0.1, 0.15) is 32.8 Å². The van der Waals surface area contributed by atoms with Crippen molar-refractivity contribution in [2.75, 3.05) is 5.32 Å². The van der Waals surface area contributed by atoms with Crippen LogP contribution in [0.2, 0.25) is 0 Å². The van der Waals surface area contributed by atoms with Gasteiger partial charge < -0.3 is 9.73 Å². The van der Waals surface area contributed by atoms with Crippen LogP contribution in [0.15, 0.2) is 47.2 Å². The third kappa shape index (κ3) is 2.91. The third-order valence-corrected chi connectivity index (χ3v) is 4.53. The van der Waals surface area contributed by atoms with Gasteiger partial charge in [0.15, 0.2) is 17.4 Å². The van der Waals surface area contributed by atoms with E-state index < -0.39 is 5.91 Å². The number of amides is 1. The topological polar surface area (TPSA) is 96.7 Å². The predicted octanol–water partition coefficient (Wildman–Crippen LogP) is 4.06. The van der Waals surface area contributed by atoms with Gasteiger partial charge in [-0.25, -0.2) is 4.98 Å². The summed E-state index contributed by atoms with van der Waals surface area (Å²) in [5, 5.41) is 17.5. The van der Waals surface area contributed by atoms with Gasteiger partial charge in [0.1, 0.15) is 11.6 Å². The minimum Gasteiger partial charge on any atom is -0.459 e. The van der Waals surface area contributed by atoms with Gasteiger partial charge in [0.05, 0.1) is 18.0 Å². The largest absolute Gasteiger partial charge is 0.459 e. The Kier molecular flexibility index (Phi) is 4.17. The van der Waals surface area contributed by atoms with E-state index in [1.54, 1.807) is 12.1 Å². The summed E-state index contributed by atoms with van der Waals surface area (Å²) in [6.07, 6.45) is 2.82. The highest BCUT2D eigenvalue weighted by Crippen LogP contribution is 2.26. The number of fused-ring (bicyclic) bond motifs is 1. The third-order valence-electron chi connectivity index (χ3n) is 4.53. The summed E-state index contributed by atoms with van der Waals surface area (Å²) in [6.45, 7) is 6.06. The van der Waals surface area contributed by atoms with Gasteiger partial charge in [0, 0.05) is 5.39 Å². The molecule has 1 N–H and O–H groups in total. The molecule has 0 radical (unpaired) electrons. The fourth-order valence-corrected chi connectivity index (χ4v) is 3.24. The van der Waals surface area contributed by atoms with Crippen LogP contribution in [0.25, 0.3) is 16.7 Å². The number of aromatic nitrogens is 3. The molecular weight excluding hydrogens is 354 g/mol. The summed E-state index contributed by atoms with van der Waals surface area (Å²) in [5.41, 5.74) is 4.34. The minimum absolute atomic E-state index is 0.144. The van der Waals surface area contributed by atoms with Crippen LogP contribution in [-0.2, 0) is 0 Å². The first-order chi connectivity index (χ1) is 13.5. The van der Waals surface area contributed by atoms with Crippen LogP contribution in [0.3, 0.4) is 0 Å². The normalized spacial score (nSPS) is 10.8. The number of nitrogens with one attached hydrogen (secondary N) is 1. The first-order valence-corrected chi connectivity index (χ1v) is 8.70. The van der Waals surface area contributed by atoms with Gasteiger partial charge in [-0.2, -0.15) is 15.0 Å². The Bertz CT molecular complexity index is 1250. The van der Waals surface area contributed by atoms with Crippen LogP contribution >= 0.6 is 0 Å². The molecule has 28 heavy (non-hydrogen) atoms. The van der Waals surface area contributed by atoms with Crippen molar-refractivity contribution in [1.82, 2.24) is 14.8 Å². The number of furan rings is 1. The van der Waals surface area contributed by atoms with Crippen molar-refractivity contribution in [2.45, 2.75) is 20.8 Å². The number of nitrogens with zero attached hydrogens (tertiary/aromatic N) is 4. The molecule has 0 aliphatic rings. The molecule has 138 valence electrons. The lowest BCUT2D eigenvalue weighted by Crippen LogP contribution is -2.16. The van der Waals surface area contributed by atoms with Crippen molar-refractivity contribution in [3.05, 3.63) is 70.8 Å². The first-order valence-electron chi connectivity index (χ1n) is 8.70. The average molecular weight is 371 g/mol. The number of benzene rings is 1. The Morgan fingerprint density at radius 3 is 2.75 bits per heavy atom. The fraction of sp³-hybridized carbons (Fsp3) is 0.143. The van der Waals surface area contributed by atoms with E-state index in [0.717, 1.165) is 22.0 Å². The standard InChI is InChI=1S/C21H17N5O2/c1-12-7-14(3)19-16(8-12)13(2)9-18(24-19)26-20(15(10-22)11-23-26)25-21(27)17-5-4-6-28-17/h4-9,11H,1-3H3,(H,25,27). The Balaban J connectivity index is 1.85. The van der Waals surface area contributed by atoms with Gasteiger partial charge in [0.2, 0.25) is 0 Å². The predicted molar refractivity (Wildman–Crippen MR) is 104 cm³/mol. The second-order valence-electron chi connectivity index (χ2n) is 6.64. The maximum absolute atomic E-state index is 12.4. The van der Waals surface area contributed by atoms with E-state index in [4.69, 9.17) is 9.40 Å². The molecule has 0 saturated carbocycles. The molecule has 0 atom stereocenters. The molecule has 0 spiro atoms. The maximum atomic E-state index is 12.4. The number of hydrogen-bond acceptors (Lipinski definition) is 5. The quantitative estimate of drug-likeness (QED) is 0.586. The van der Waals surface area contributed by atoms with Crippen molar-refractivity contribution in [1.29, 1.82) is 5.26 Å². The number of aryl methyl sites for hydroxylation is 3. The highest BCUT2D eigenvalue weighted by Gasteiger charge is 2.19. The van der Waals surface area contributed by atoms with Crippen LogP contribution in [0.4, 0.5) is 5.82 Å². The molecule has 7 nitrogen and oxygen atoms in total. The molecular formula is C21H17N5O2. The Morgan fingerprint density at radius 2 is 2.04 bits per heavy atom.